The first-order chi connectivity index (χ1) is 9.72. The number of carbonyl (C=O) groups is 1. The van der Waals surface area contributed by atoms with Crippen LogP contribution >= 0.6 is 0 Å². The van der Waals surface area contributed by atoms with E-state index in [9.17, 15) is 4.79 Å². The molecule has 2 heterocycles. The molecule has 0 radical (unpaired) electrons. The molecule has 0 saturated carbocycles. The number of carbonyl (C=O) groups excluding carboxylic acids is 1. The number of rotatable bonds is 4. The Morgan fingerprint density at radius 2 is 2.20 bits per heavy atom. The van der Waals surface area contributed by atoms with E-state index < -0.39 is 0 Å². The van der Waals surface area contributed by atoms with Crippen LogP contribution in [-0.4, -0.2) is 60.5 Å². The van der Waals surface area contributed by atoms with Crippen molar-refractivity contribution in [2.24, 2.45) is 0 Å². The number of pyridine rings is 1. The second-order valence-electron chi connectivity index (χ2n) is 5.30. The van der Waals surface area contributed by atoms with Gasteiger partial charge < -0.3 is 15.1 Å². The van der Waals surface area contributed by atoms with Crippen molar-refractivity contribution in [2.75, 3.05) is 45.1 Å². The molecule has 1 saturated heterocycles. The standard InChI is InChI=1S/C15H24N4O/c1-3-6-17-14-5-7-16-12-13(14)15(20)19-9-4-8-18(2)10-11-19/h5,7,12H,3-4,6,8-11H2,1-2H3,(H,16,17). The number of nitrogens with zero attached hydrogens (tertiary/aromatic N) is 3. The molecule has 0 atom stereocenters. The average Bonchev–Trinajstić information content (AvgIpc) is 2.69. The summed E-state index contributed by atoms with van der Waals surface area (Å²) in [6.45, 7) is 6.58. The molecule has 0 aromatic carbocycles. The van der Waals surface area contributed by atoms with E-state index in [1.165, 1.54) is 0 Å². The Hall–Kier alpha value is -1.62. The maximum absolute atomic E-state index is 12.7. The maximum Gasteiger partial charge on any atom is 0.257 e. The van der Waals surface area contributed by atoms with Crippen LogP contribution in [0, 0.1) is 0 Å². The molecule has 1 aliphatic rings. The van der Waals surface area contributed by atoms with Crippen LogP contribution in [0.25, 0.3) is 0 Å². The van der Waals surface area contributed by atoms with E-state index in [0.29, 0.717) is 5.56 Å². The first-order valence-electron chi connectivity index (χ1n) is 7.38. The van der Waals surface area contributed by atoms with Gasteiger partial charge in [0.15, 0.2) is 0 Å². The van der Waals surface area contributed by atoms with Crippen LogP contribution in [0.4, 0.5) is 5.69 Å². The molecule has 1 fully saturated rings. The topological polar surface area (TPSA) is 48.5 Å². The molecule has 1 aliphatic heterocycles. The number of anilines is 1. The van der Waals surface area contributed by atoms with Crippen molar-refractivity contribution in [3.8, 4) is 0 Å². The summed E-state index contributed by atoms with van der Waals surface area (Å²) >= 11 is 0. The minimum atomic E-state index is 0.0898. The summed E-state index contributed by atoms with van der Waals surface area (Å²) in [6, 6.07) is 1.88. The van der Waals surface area contributed by atoms with Gasteiger partial charge in [-0.1, -0.05) is 6.92 Å². The summed E-state index contributed by atoms with van der Waals surface area (Å²) in [4.78, 5) is 21.0. The summed E-state index contributed by atoms with van der Waals surface area (Å²) in [5.74, 6) is 0.0898. The monoisotopic (exact) mass is 276 g/mol. The van der Waals surface area contributed by atoms with E-state index in [4.69, 9.17) is 0 Å². The number of amides is 1. The number of hydrogen-bond acceptors (Lipinski definition) is 4. The molecule has 1 aromatic rings. The molecule has 20 heavy (non-hydrogen) atoms. The molecule has 5 heteroatoms. The predicted molar refractivity (Wildman–Crippen MR) is 81.0 cm³/mol. The third kappa shape index (κ3) is 3.70. The van der Waals surface area contributed by atoms with Crippen molar-refractivity contribution in [1.29, 1.82) is 0 Å². The molecule has 5 nitrogen and oxygen atoms in total. The highest BCUT2D eigenvalue weighted by Crippen LogP contribution is 2.17. The highest BCUT2D eigenvalue weighted by atomic mass is 16.2. The van der Waals surface area contributed by atoms with Gasteiger partial charge in [0, 0.05) is 38.6 Å². The van der Waals surface area contributed by atoms with Crippen molar-refractivity contribution in [3.63, 3.8) is 0 Å². The summed E-state index contributed by atoms with van der Waals surface area (Å²) in [6.07, 6.45) is 5.46. The Labute approximate surface area is 121 Å². The number of nitrogens with one attached hydrogen (secondary N) is 1. The van der Waals surface area contributed by atoms with E-state index in [1.54, 1.807) is 12.4 Å². The summed E-state index contributed by atoms with van der Waals surface area (Å²) in [5, 5.41) is 3.31. The molecular formula is C15H24N4O. The second kappa shape index (κ2) is 7.24. The Morgan fingerprint density at radius 3 is 3.00 bits per heavy atom. The lowest BCUT2D eigenvalue weighted by atomic mass is 10.2. The van der Waals surface area contributed by atoms with Crippen molar-refractivity contribution < 1.29 is 4.79 Å². The van der Waals surface area contributed by atoms with Gasteiger partial charge in [-0.25, -0.2) is 0 Å². The van der Waals surface area contributed by atoms with Gasteiger partial charge in [0.25, 0.3) is 5.91 Å². The number of aromatic nitrogens is 1. The molecular weight excluding hydrogens is 252 g/mol. The highest BCUT2D eigenvalue weighted by Gasteiger charge is 2.21. The molecule has 1 N–H and O–H groups in total. The lowest BCUT2D eigenvalue weighted by molar-refractivity contribution is 0.0763. The zero-order valence-electron chi connectivity index (χ0n) is 12.4. The molecule has 1 amide bonds. The molecule has 0 aliphatic carbocycles. The molecule has 0 spiro atoms. The Morgan fingerprint density at radius 1 is 1.35 bits per heavy atom. The Bertz CT molecular complexity index is 449. The summed E-state index contributed by atoms with van der Waals surface area (Å²) in [7, 11) is 2.10. The van der Waals surface area contributed by atoms with Crippen molar-refractivity contribution in [2.45, 2.75) is 19.8 Å². The van der Waals surface area contributed by atoms with Gasteiger partial charge in [-0.15, -0.1) is 0 Å². The number of hydrogen-bond donors (Lipinski definition) is 1. The molecule has 110 valence electrons. The van der Waals surface area contributed by atoms with Gasteiger partial charge in [-0.05, 0) is 32.5 Å². The average molecular weight is 276 g/mol. The van der Waals surface area contributed by atoms with Gasteiger partial charge in [0.2, 0.25) is 0 Å². The fraction of sp³-hybridized carbons (Fsp3) is 0.600. The third-order valence-corrected chi connectivity index (χ3v) is 3.62. The van der Waals surface area contributed by atoms with Crippen LogP contribution < -0.4 is 5.32 Å². The fourth-order valence-corrected chi connectivity index (χ4v) is 2.40. The van der Waals surface area contributed by atoms with E-state index in [1.807, 2.05) is 11.0 Å². The van der Waals surface area contributed by atoms with Gasteiger partial charge in [-0.2, -0.15) is 0 Å². The largest absolute Gasteiger partial charge is 0.384 e. The Balaban J connectivity index is 2.11. The van der Waals surface area contributed by atoms with Gasteiger partial charge in [0.05, 0.1) is 11.3 Å². The van der Waals surface area contributed by atoms with E-state index in [-0.39, 0.29) is 5.91 Å². The zero-order valence-corrected chi connectivity index (χ0v) is 12.4. The van der Waals surface area contributed by atoms with Crippen molar-refractivity contribution in [3.05, 3.63) is 24.0 Å². The minimum absolute atomic E-state index is 0.0898. The molecule has 0 unspecified atom stereocenters. The number of likely N-dealkylation sites (N-methyl/N-ethyl adjacent to an activating group) is 1. The lowest BCUT2D eigenvalue weighted by Crippen LogP contribution is -2.35. The Kier molecular flexibility index (Phi) is 5.35. The quantitative estimate of drug-likeness (QED) is 0.909. The van der Waals surface area contributed by atoms with Crippen LogP contribution in [0.3, 0.4) is 0 Å². The van der Waals surface area contributed by atoms with Gasteiger partial charge in [0.1, 0.15) is 0 Å². The van der Waals surface area contributed by atoms with Crippen LogP contribution in [0.2, 0.25) is 0 Å². The van der Waals surface area contributed by atoms with Gasteiger partial charge >= 0.3 is 0 Å². The van der Waals surface area contributed by atoms with E-state index in [0.717, 1.165) is 51.3 Å². The second-order valence-corrected chi connectivity index (χ2v) is 5.30. The first-order valence-corrected chi connectivity index (χ1v) is 7.38. The lowest BCUT2D eigenvalue weighted by Gasteiger charge is -2.22. The predicted octanol–water partition coefficient (Wildman–Crippen LogP) is 1.68. The fourth-order valence-electron chi connectivity index (χ4n) is 2.40. The van der Waals surface area contributed by atoms with Crippen molar-refractivity contribution in [1.82, 2.24) is 14.8 Å². The summed E-state index contributed by atoms with van der Waals surface area (Å²) in [5.41, 5.74) is 1.58. The maximum atomic E-state index is 12.7. The minimum Gasteiger partial charge on any atom is -0.384 e. The van der Waals surface area contributed by atoms with Crippen molar-refractivity contribution >= 4 is 11.6 Å². The van der Waals surface area contributed by atoms with Gasteiger partial charge in [-0.3, -0.25) is 9.78 Å². The van der Waals surface area contributed by atoms with Crippen LogP contribution in [-0.2, 0) is 0 Å². The zero-order chi connectivity index (χ0) is 14.4. The molecule has 1 aromatic heterocycles. The highest BCUT2D eigenvalue weighted by molar-refractivity contribution is 5.99. The summed E-state index contributed by atoms with van der Waals surface area (Å²) < 4.78 is 0. The molecule has 2 rings (SSSR count). The van der Waals surface area contributed by atoms with E-state index >= 15 is 0 Å². The third-order valence-electron chi connectivity index (χ3n) is 3.62. The SMILES string of the molecule is CCCNc1ccncc1C(=O)N1CCCN(C)CC1. The normalized spacial score (nSPS) is 16.8. The smallest absolute Gasteiger partial charge is 0.257 e. The molecule has 0 bridgehead atoms. The first kappa shape index (κ1) is 14.8. The van der Waals surface area contributed by atoms with Crippen LogP contribution in [0.1, 0.15) is 30.1 Å². The van der Waals surface area contributed by atoms with Crippen LogP contribution in [0.15, 0.2) is 18.5 Å². The van der Waals surface area contributed by atoms with Crippen LogP contribution in [0.5, 0.6) is 0 Å². The van der Waals surface area contributed by atoms with E-state index in [2.05, 4.69) is 29.2 Å².